The number of carboxylic acids is 1. The lowest BCUT2D eigenvalue weighted by atomic mass is 10.2. The maximum Gasteiger partial charge on any atom is 0.305 e. The minimum atomic E-state index is -0.906. The summed E-state index contributed by atoms with van der Waals surface area (Å²) in [7, 11) is 0. The standard InChI is InChI=1S/C16H23NO4/c1-12(2)10-17(9-8-16(19)20)15(18)11-21-14-6-4-13(3)5-7-14/h4-7,12H,8-11H2,1-3H3,(H,19,20). The zero-order chi connectivity index (χ0) is 15.8. The van der Waals surface area contributed by atoms with E-state index in [9.17, 15) is 9.59 Å². The Morgan fingerprint density at radius 2 is 1.86 bits per heavy atom. The number of aryl methyl sites for hydroxylation is 1. The third-order valence-corrected chi connectivity index (χ3v) is 2.92. The lowest BCUT2D eigenvalue weighted by Crippen LogP contribution is -2.38. The second-order valence-electron chi connectivity index (χ2n) is 5.48. The fourth-order valence-electron chi connectivity index (χ4n) is 1.86. The average molecular weight is 293 g/mol. The number of ether oxygens (including phenoxy) is 1. The second-order valence-corrected chi connectivity index (χ2v) is 5.48. The molecule has 5 nitrogen and oxygen atoms in total. The van der Waals surface area contributed by atoms with Crippen molar-refractivity contribution >= 4 is 11.9 Å². The number of benzene rings is 1. The lowest BCUT2D eigenvalue weighted by molar-refractivity contribution is -0.139. The Kier molecular flexibility index (Phi) is 6.72. The Balaban J connectivity index is 2.54. The molecule has 1 N–H and O–H groups in total. The molecule has 0 spiro atoms. The molecule has 0 atom stereocenters. The molecule has 0 saturated heterocycles. The maximum atomic E-state index is 12.1. The fraction of sp³-hybridized carbons (Fsp3) is 0.500. The van der Waals surface area contributed by atoms with E-state index < -0.39 is 5.97 Å². The molecule has 1 amide bonds. The van der Waals surface area contributed by atoms with Crippen LogP contribution in [0.2, 0.25) is 0 Å². The molecule has 0 aliphatic carbocycles. The van der Waals surface area contributed by atoms with Crippen molar-refractivity contribution in [2.45, 2.75) is 27.2 Å². The Hall–Kier alpha value is -2.04. The predicted molar refractivity (Wildman–Crippen MR) is 80.3 cm³/mol. The number of amides is 1. The number of carbonyl (C=O) groups is 2. The van der Waals surface area contributed by atoms with Gasteiger partial charge in [-0.05, 0) is 25.0 Å². The third kappa shape index (κ3) is 6.79. The molecule has 0 bridgehead atoms. The van der Waals surface area contributed by atoms with Crippen LogP contribution in [0.25, 0.3) is 0 Å². The fourth-order valence-corrected chi connectivity index (χ4v) is 1.86. The number of nitrogens with zero attached hydrogens (tertiary/aromatic N) is 1. The second kappa shape index (κ2) is 8.29. The Bertz CT molecular complexity index is 468. The Labute approximate surface area is 125 Å². The van der Waals surface area contributed by atoms with E-state index in [1.54, 1.807) is 4.90 Å². The maximum absolute atomic E-state index is 12.1. The summed E-state index contributed by atoms with van der Waals surface area (Å²) in [5.74, 6) is -0.180. The summed E-state index contributed by atoms with van der Waals surface area (Å²) in [6.07, 6.45) is -0.0526. The van der Waals surface area contributed by atoms with Crippen LogP contribution < -0.4 is 4.74 Å². The van der Waals surface area contributed by atoms with Gasteiger partial charge < -0.3 is 14.7 Å². The van der Waals surface area contributed by atoms with Crippen LogP contribution in [0.3, 0.4) is 0 Å². The van der Waals surface area contributed by atoms with Gasteiger partial charge in [-0.2, -0.15) is 0 Å². The molecule has 0 radical (unpaired) electrons. The number of carbonyl (C=O) groups excluding carboxylic acids is 1. The molecule has 0 fully saturated rings. The number of hydrogen-bond donors (Lipinski definition) is 1. The minimum absolute atomic E-state index is 0.0526. The first-order valence-corrected chi connectivity index (χ1v) is 7.07. The van der Waals surface area contributed by atoms with Crippen molar-refractivity contribution in [1.82, 2.24) is 4.90 Å². The predicted octanol–water partition coefficient (Wildman–Crippen LogP) is 2.33. The van der Waals surface area contributed by atoms with E-state index in [-0.39, 0.29) is 31.4 Å². The van der Waals surface area contributed by atoms with Gasteiger partial charge in [0, 0.05) is 13.1 Å². The van der Waals surface area contributed by atoms with Crippen molar-refractivity contribution in [2.24, 2.45) is 5.92 Å². The van der Waals surface area contributed by atoms with Gasteiger partial charge in [0.15, 0.2) is 6.61 Å². The molecule has 1 rings (SSSR count). The molecule has 0 aromatic heterocycles. The highest BCUT2D eigenvalue weighted by molar-refractivity contribution is 5.78. The van der Waals surface area contributed by atoms with Crippen LogP contribution in [0, 0.1) is 12.8 Å². The summed E-state index contributed by atoms with van der Waals surface area (Å²) in [6.45, 7) is 6.62. The van der Waals surface area contributed by atoms with E-state index in [2.05, 4.69) is 0 Å². The minimum Gasteiger partial charge on any atom is -0.484 e. The third-order valence-electron chi connectivity index (χ3n) is 2.92. The van der Waals surface area contributed by atoms with E-state index in [1.807, 2.05) is 45.0 Å². The van der Waals surface area contributed by atoms with Gasteiger partial charge >= 0.3 is 5.97 Å². The van der Waals surface area contributed by atoms with Crippen LogP contribution in [0.4, 0.5) is 0 Å². The largest absolute Gasteiger partial charge is 0.484 e. The van der Waals surface area contributed by atoms with E-state index in [0.717, 1.165) is 5.56 Å². The van der Waals surface area contributed by atoms with Crippen LogP contribution in [-0.2, 0) is 9.59 Å². The quantitative estimate of drug-likeness (QED) is 0.799. The van der Waals surface area contributed by atoms with Crippen molar-refractivity contribution in [1.29, 1.82) is 0 Å². The summed E-state index contributed by atoms with van der Waals surface area (Å²) in [5, 5.41) is 8.74. The molecular weight excluding hydrogens is 270 g/mol. The molecule has 21 heavy (non-hydrogen) atoms. The topological polar surface area (TPSA) is 66.8 Å². The number of aliphatic carboxylic acids is 1. The molecule has 1 aromatic carbocycles. The summed E-state index contributed by atoms with van der Waals surface area (Å²) in [4.78, 5) is 24.3. The SMILES string of the molecule is Cc1ccc(OCC(=O)N(CCC(=O)O)CC(C)C)cc1. The van der Waals surface area contributed by atoms with Gasteiger partial charge in [-0.3, -0.25) is 9.59 Å². The van der Waals surface area contributed by atoms with Crippen molar-refractivity contribution in [2.75, 3.05) is 19.7 Å². The molecule has 116 valence electrons. The molecule has 0 unspecified atom stereocenters. The summed E-state index contributed by atoms with van der Waals surface area (Å²) in [5.41, 5.74) is 1.12. The molecule has 0 saturated carbocycles. The summed E-state index contributed by atoms with van der Waals surface area (Å²) >= 11 is 0. The molecule has 0 heterocycles. The van der Waals surface area contributed by atoms with Gasteiger partial charge in [-0.25, -0.2) is 0 Å². The zero-order valence-corrected chi connectivity index (χ0v) is 12.8. The number of rotatable bonds is 8. The molecule has 5 heteroatoms. The zero-order valence-electron chi connectivity index (χ0n) is 12.8. The highest BCUT2D eigenvalue weighted by Gasteiger charge is 2.16. The van der Waals surface area contributed by atoms with E-state index >= 15 is 0 Å². The van der Waals surface area contributed by atoms with Gasteiger partial charge in [0.25, 0.3) is 5.91 Å². The van der Waals surface area contributed by atoms with E-state index in [4.69, 9.17) is 9.84 Å². The highest BCUT2D eigenvalue weighted by atomic mass is 16.5. The van der Waals surface area contributed by atoms with E-state index in [1.165, 1.54) is 0 Å². The first kappa shape index (κ1) is 17.0. The van der Waals surface area contributed by atoms with Crippen LogP contribution >= 0.6 is 0 Å². The van der Waals surface area contributed by atoms with Gasteiger partial charge in [0.1, 0.15) is 5.75 Å². The van der Waals surface area contributed by atoms with Crippen LogP contribution in [0.5, 0.6) is 5.75 Å². The van der Waals surface area contributed by atoms with Crippen molar-refractivity contribution in [3.8, 4) is 5.75 Å². The molecule has 0 aliphatic rings. The molecule has 0 aliphatic heterocycles. The number of carboxylic acid groups (broad SMARTS) is 1. The normalized spacial score (nSPS) is 10.5. The monoisotopic (exact) mass is 293 g/mol. The lowest BCUT2D eigenvalue weighted by Gasteiger charge is -2.24. The first-order valence-electron chi connectivity index (χ1n) is 7.07. The van der Waals surface area contributed by atoms with Crippen LogP contribution in [0.15, 0.2) is 24.3 Å². The molecular formula is C16H23NO4. The van der Waals surface area contributed by atoms with Crippen molar-refractivity contribution in [3.63, 3.8) is 0 Å². The highest BCUT2D eigenvalue weighted by Crippen LogP contribution is 2.11. The van der Waals surface area contributed by atoms with Gasteiger partial charge in [-0.1, -0.05) is 31.5 Å². The summed E-state index contributed by atoms with van der Waals surface area (Å²) in [6, 6.07) is 7.45. The van der Waals surface area contributed by atoms with Gasteiger partial charge in [0.05, 0.1) is 6.42 Å². The molecule has 1 aromatic rings. The Morgan fingerprint density at radius 3 is 2.38 bits per heavy atom. The van der Waals surface area contributed by atoms with Crippen molar-refractivity contribution < 1.29 is 19.4 Å². The first-order chi connectivity index (χ1) is 9.88. The summed E-state index contributed by atoms with van der Waals surface area (Å²) < 4.78 is 5.45. The van der Waals surface area contributed by atoms with Crippen LogP contribution in [-0.4, -0.2) is 41.6 Å². The smallest absolute Gasteiger partial charge is 0.305 e. The van der Waals surface area contributed by atoms with Crippen LogP contribution in [0.1, 0.15) is 25.8 Å². The van der Waals surface area contributed by atoms with Crippen molar-refractivity contribution in [3.05, 3.63) is 29.8 Å². The average Bonchev–Trinajstić information content (AvgIpc) is 2.42. The van der Waals surface area contributed by atoms with Gasteiger partial charge in [-0.15, -0.1) is 0 Å². The number of hydrogen-bond acceptors (Lipinski definition) is 3. The Morgan fingerprint density at radius 1 is 1.24 bits per heavy atom. The van der Waals surface area contributed by atoms with Gasteiger partial charge in [0.2, 0.25) is 0 Å². The van der Waals surface area contributed by atoms with E-state index in [0.29, 0.717) is 12.3 Å².